The summed E-state index contributed by atoms with van der Waals surface area (Å²) in [5.74, 6) is -0.223. The first-order valence-corrected chi connectivity index (χ1v) is 6.45. The van der Waals surface area contributed by atoms with Crippen LogP contribution in [0, 0.1) is 10.1 Å². The molecule has 1 aromatic carbocycles. The highest BCUT2D eigenvalue weighted by Crippen LogP contribution is 2.23. The predicted octanol–water partition coefficient (Wildman–Crippen LogP) is 2.64. The minimum atomic E-state index is -0.450. The van der Waals surface area contributed by atoms with Crippen molar-refractivity contribution in [2.75, 3.05) is 0 Å². The molecule has 1 heterocycles. The molecule has 0 spiro atoms. The number of thioether (sulfide) groups is 1. The van der Waals surface area contributed by atoms with Gasteiger partial charge in [-0.3, -0.25) is 14.9 Å². The summed E-state index contributed by atoms with van der Waals surface area (Å²) in [6.07, 6.45) is 4.97. The number of hydrogen-bond donors (Lipinski definition) is 1. The van der Waals surface area contributed by atoms with Crippen LogP contribution < -0.4 is 5.32 Å². The van der Waals surface area contributed by atoms with E-state index in [4.69, 9.17) is 12.2 Å². The minimum Gasteiger partial charge on any atom is -0.307 e. The maximum Gasteiger partial charge on any atom is 0.270 e. The van der Waals surface area contributed by atoms with E-state index in [0.29, 0.717) is 14.8 Å². The Morgan fingerprint density at radius 1 is 1.42 bits per heavy atom. The largest absolute Gasteiger partial charge is 0.307 e. The van der Waals surface area contributed by atoms with Gasteiger partial charge >= 0.3 is 0 Å². The van der Waals surface area contributed by atoms with Gasteiger partial charge in [0.05, 0.1) is 9.83 Å². The Morgan fingerprint density at radius 2 is 2.21 bits per heavy atom. The van der Waals surface area contributed by atoms with Crippen LogP contribution in [0.1, 0.15) is 5.56 Å². The molecule has 5 nitrogen and oxygen atoms in total. The molecule has 7 heteroatoms. The fourth-order valence-corrected chi connectivity index (χ4v) is 2.42. The van der Waals surface area contributed by atoms with E-state index in [1.165, 1.54) is 23.9 Å². The van der Waals surface area contributed by atoms with Crippen LogP contribution in [0.25, 0.3) is 6.08 Å². The van der Waals surface area contributed by atoms with Gasteiger partial charge in [-0.05, 0) is 11.6 Å². The van der Waals surface area contributed by atoms with E-state index in [2.05, 4.69) is 5.32 Å². The monoisotopic (exact) mass is 292 g/mol. The van der Waals surface area contributed by atoms with Gasteiger partial charge in [-0.1, -0.05) is 48.3 Å². The Bertz CT molecular complexity index is 623. The number of non-ortho nitro benzene ring substituents is 1. The Morgan fingerprint density at radius 3 is 2.84 bits per heavy atom. The second-order valence-electron chi connectivity index (χ2n) is 3.59. The maximum atomic E-state index is 11.4. The first kappa shape index (κ1) is 13.4. The SMILES string of the molecule is O=C1NC(=S)SC1=CC=Cc1cccc([N+](=O)[O-])c1. The van der Waals surface area contributed by atoms with Crippen LogP contribution in [0.15, 0.2) is 41.3 Å². The van der Waals surface area contributed by atoms with Gasteiger partial charge in [-0.25, -0.2) is 0 Å². The molecule has 0 aliphatic carbocycles. The van der Waals surface area contributed by atoms with Crippen molar-refractivity contribution in [2.45, 2.75) is 0 Å². The lowest BCUT2D eigenvalue weighted by Gasteiger charge is -1.93. The van der Waals surface area contributed by atoms with Crippen molar-refractivity contribution in [3.05, 3.63) is 57.0 Å². The lowest BCUT2D eigenvalue weighted by molar-refractivity contribution is -0.384. The number of benzene rings is 1. The maximum absolute atomic E-state index is 11.4. The first-order valence-electron chi connectivity index (χ1n) is 5.22. The van der Waals surface area contributed by atoms with Gasteiger partial charge in [-0.2, -0.15) is 0 Å². The van der Waals surface area contributed by atoms with E-state index in [1.807, 2.05) is 0 Å². The zero-order valence-electron chi connectivity index (χ0n) is 9.53. The molecule has 0 bridgehead atoms. The number of nitro groups is 1. The van der Waals surface area contributed by atoms with Crippen molar-refractivity contribution >= 4 is 46.0 Å². The number of carbonyl (C=O) groups excluding carboxylic acids is 1. The predicted molar refractivity (Wildman–Crippen MR) is 78.5 cm³/mol. The van der Waals surface area contributed by atoms with Crippen LogP contribution in [0.3, 0.4) is 0 Å². The Hall–Kier alpha value is -1.99. The molecule has 1 N–H and O–H groups in total. The number of thiocarbonyl (C=S) groups is 1. The van der Waals surface area contributed by atoms with Crippen molar-refractivity contribution < 1.29 is 9.72 Å². The van der Waals surface area contributed by atoms with Gasteiger partial charge in [0.15, 0.2) is 0 Å². The number of amides is 1. The van der Waals surface area contributed by atoms with Crippen LogP contribution in [0.5, 0.6) is 0 Å². The molecule has 1 aliphatic heterocycles. The summed E-state index contributed by atoms with van der Waals surface area (Å²) in [6, 6.07) is 6.24. The number of nitrogens with zero attached hydrogens (tertiary/aromatic N) is 1. The number of rotatable bonds is 3. The van der Waals surface area contributed by atoms with E-state index < -0.39 is 4.92 Å². The zero-order valence-corrected chi connectivity index (χ0v) is 11.2. The average molecular weight is 292 g/mol. The highest BCUT2D eigenvalue weighted by atomic mass is 32.2. The first-order chi connectivity index (χ1) is 9.06. The summed E-state index contributed by atoms with van der Waals surface area (Å²) in [5.41, 5.74) is 0.723. The number of carbonyl (C=O) groups is 1. The molecule has 1 fully saturated rings. The van der Waals surface area contributed by atoms with Crippen LogP contribution in [0.2, 0.25) is 0 Å². The van der Waals surface area contributed by atoms with Crippen LogP contribution in [-0.2, 0) is 4.79 Å². The zero-order chi connectivity index (χ0) is 13.8. The van der Waals surface area contributed by atoms with E-state index >= 15 is 0 Å². The normalized spacial score (nSPS) is 17.2. The fraction of sp³-hybridized carbons (Fsp3) is 0. The van der Waals surface area contributed by atoms with Crippen molar-refractivity contribution in [1.82, 2.24) is 5.32 Å². The molecule has 19 heavy (non-hydrogen) atoms. The van der Waals surface area contributed by atoms with Crippen molar-refractivity contribution in [3.63, 3.8) is 0 Å². The molecular weight excluding hydrogens is 284 g/mol. The second-order valence-corrected chi connectivity index (χ2v) is 5.30. The van der Waals surface area contributed by atoms with Crippen LogP contribution in [-0.4, -0.2) is 15.2 Å². The topological polar surface area (TPSA) is 72.2 Å². The quantitative estimate of drug-likeness (QED) is 0.401. The summed E-state index contributed by atoms with van der Waals surface area (Å²) in [5, 5.41) is 13.1. The second kappa shape index (κ2) is 5.77. The molecule has 0 unspecified atom stereocenters. The van der Waals surface area contributed by atoms with E-state index in [1.54, 1.807) is 30.4 Å². The van der Waals surface area contributed by atoms with Crippen LogP contribution in [0.4, 0.5) is 5.69 Å². The third-order valence-corrected chi connectivity index (χ3v) is 3.44. The lowest BCUT2D eigenvalue weighted by atomic mass is 10.2. The van der Waals surface area contributed by atoms with Crippen LogP contribution >= 0.6 is 24.0 Å². The summed E-state index contributed by atoms with van der Waals surface area (Å²) >= 11 is 6.04. The summed E-state index contributed by atoms with van der Waals surface area (Å²) in [7, 11) is 0. The number of hydrogen-bond acceptors (Lipinski definition) is 5. The van der Waals surface area contributed by atoms with E-state index in [9.17, 15) is 14.9 Å². The standard InChI is InChI=1S/C12H8N2O3S2/c15-11-10(19-12(18)13-11)6-2-4-8-3-1-5-9(7-8)14(16)17/h1-7H,(H,13,15,18). The smallest absolute Gasteiger partial charge is 0.270 e. The highest BCUT2D eigenvalue weighted by Gasteiger charge is 2.20. The summed E-state index contributed by atoms with van der Waals surface area (Å²) < 4.78 is 0.431. The molecule has 0 radical (unpaired) electrons. The third kappa shape index (κ3) is 3.49. The van der Waals surface area contributed by atoms with Gasteiger partial charge < -0.3 is 5.32 Å². The highest BCUT2D eigenvalue weighted by molar-refractivity contribution is 8.26. The molecule has 1 amide bonds. The molecule has 1 aromatic rings. The Kier molecular flexibility index (Phi) is 4.08. The van der Waals surface area contributed by atoms with Gasteiger partial charge in [0.25, 0.3) is 11.6 Å². The summed E-state index contributed by atoms with van der Waals surface area (Å²) in [6.45, 7) is 0. The number of allylic oxidation sites excluding steroid dienone is 2. The Labute approximate surface area is 118 Å². The van der Waals surface area contributed by atoms with Crippen molar-refractivity contribution in [2.24, 2.45) is 0 Å². The average Bonchev–Trinajstić information content (AvgIpc) is 2.68. The number of nitrogens with one attached hydrogen (secondary N) is 1. The molecule has 1 saturated heterocycles. The molecule has 0 atom stereocenters. The molecule has 1 aliphatic rings. The molecule has 0 aromatic heterocycles. The van der Waals surface area contributed by atoms with Gasteiger partial charge in [0.2, 0.25) is 0 Å². The number of nitro benzene ring substituents is 1. The van der Waals surface area contributed by atoms with Gasteiger partial charge in [0, 0.05) is 12.1 Å². The van der Waals surface area contributed by atoms with Gasteiger partial charge in [-0.15, -0.1) is 0 Å². The van der Waals surface area contributed by atoms with Crippen molar-refractivity contribution in [3.8, 4) is 0 Å². The lowest BCUT2D eigenvalue weighted by Crippen LogP contribution is -2.17. The van der Waals surface area contributed by atoms with Gasteiger partial charge in [0.1, 0.15) is 4.32 Å². The van der Waals surface area contributed by atoms with Crippen molar-refractivity contribution in [1.29, 1.82) is 0 Å². The molecular formula is C12H8N2O3S2. The Balaban J connectivity index is 2.13. The van der Waals surface area contributed by atoms with E-state index in [-0.39, 0.29) is 11.6 Å². The minimum absolute atomic E-state index is 0.0314. The third-order valence-electron chi connectivity index (χ3n) is 2.26. The molecule has 2 rings (SSSR count). The summed E-state index contributed by atoms with van der Waals surface area (Å²) in [4.78, 5) is 22.0. The molecule has 96 valence electrons. The molecule has 0 saturated carbocycles. The van der Waals surface area contributed by atoms with E-state index in [0.717, 1.165) is 0 Å². The fourth-order valence-electron chi connectivity index (χ4n) is 1.42.